The lowest BCUT2D eigenvalue weighted by Gasteiger charge is -2.22. The number of pyridine rings is 1. The van der Waals surface area contributed by atoms with Gasteiger partial charge in [0.2, 0.25) is 0 Å². The molecule has 8 heteroatoms. The fourth-order valence-corrected chi connectivity index (χ4v) is 3.59. The van der Waals surface area contributed by atoms with Gasteiger partial charge >= 0.3 is 0 Å². The van der Waals surface area contributed by atoms with Gasteiger partial charge in [-0.1, -0.05) is 23.2 Å². The second-order valence-corrected chi connectivity index (χ2v) is 7.27. The van der Waals surface area contributed by atoms with Crippen molar-refractivity contribution in [1.82, 2.24) is 4.98 Å². The molecule has 0 unspecified atom stereocenters. The number of nitrogens with two attached hydrogens (primary N) is 1. The van der Waals surface area contributed by atoms with Gasteiger partial charge in [-0.25, -0.2) is 13.4 Å². The first-order valence-electron chi connectivity index (χ1n) is 5.46. The van der Waals surface area contributed by atoms with Crippen molar-refractivity contribution in [3.05, 3.63) is 16.1 Å². The van der Waals surface area contributed by atoms with Gasteiger partial charge in [-0.05, 0) is 12.5 Å². The van der Waals surface area contributed by atoms with Crippen LogP contribution in [0.5, 0.6) is 0 Å². The molecule has 1 aromatic heterocycles. The van der Waals surface area contributed by atoms with Crippen LogP contribution in [0.1, 0.15) is 6.42 Å². The minimum absolute atomic E-state index is 0.105. The number of rotatable bonds is 1. The zero-order valence-electron chi connectivity index (χ0n) is 9.57. The standard InChI is InChI=1S/C10H13Cl2N3O2S/c11-7-6-8(12)10(14-9(7)13)15-2-1-4-18(16,17)5-3-15/h6H,1-5H2,(H2,13,14). The van der Waals surface area contributed by atoms with Crippen LogP contribution in [0.3, 0.4) is 0 Å². The molecule has 1 saturated heterocycles. The average Bonchev–Trinajstić information content (AvgIpc) is 2.45. The van der Waals surface area contributed by atoms with Crippen molar-refractivity contribution in [1.29, 1.82) is 0 Å². The van der Waals surface area contributed by atoms with Crippen LogP contribution in [-0.2, 0) is 9.84 Å². The highest BCUT2D eigenvalue weighted by Crippen LogP contribution is 2.30. The monoisotopic (exact) mass is 309 g/mol. The predicted molar refractivity (Wildman–Crippen MR) is 74.2 cm³/mol. The first-order chi connectivity index (χ1) is 8.39. The third-order valence-electron chi connectivity index (χ3n) is 2.79. The number of halogens is 2. The fourth-order valence-electron chi connectivity index (χ4n) is 1.84. The predicted octanol–water partition coefficient (Wildman–Crippen LogP) is 1.60. The Hall–Kier alpha value is -0.720. The third kappa shape index (κ3) is 2.99. The Labute approximate surface area is 116 Å². The summed E-state index contributed by atoms with van der Waals surface area (Å²) < 4.78 is 23.1. The molecule has 0 amide bonds. The number of sulfone groups is 1. The minimum atomic E-state index is -2.96. The molecule has 0 aromatic carbocycles. The number of aromatic nitrogens is 1. The number of anilines is 2. The molecular formula is C10H13Cl2N3O2S. The summed E-state index contributed by atoms with van der Waals surface area (Å²) in [5.41, 5.74) is 5.64. The van der Waals surface area contributed by atoms with Gasteiger partial charge in [0.15, 0.2) is 9.84 Å². The maximum absolute atomic E-state index is 11.5. The Morgan fingerprint density at radius 3 is 2.67 bits per heavy atom. The van der Waals surface area contributed by atoms with E-state index in [1.807, 2.05) is 4.90 Å². The summed E-state index contributed by atoms with van der Waals surface area (Å²) in [4.78, 5) is 5.96. The van der Waals surface area contributed by atoms with Crippen molar-refractivity contribution in [2.24, 2.45) is 0 Å². The molecule has 1 aromatic rings. The topological polar surface area (TPSA) is 76.3 Å². The number of nitrogens with zero attached hydrogens (tertiary/aromatic N) is 2. The van der Waals surface area contributed by atoms with Gasteiger partial charge in [0.25, 0.3) is 0 Å². The highest BCUT2D eigenvalue weighted by atomic mass is 35.5. The van der Waals surface area contributed by atoms with Crippen molar-refractivity contribution >= 4 is 44.7 Å². The molecule has 100 valence electrons. The Kier molecular flexibility index (Phi) is 3.89. The Balaban J connectivity index is 2.29. The lowest BCUT2D eigenvalue weighted by atomic mass is 10.3. The number of hydrogen-bond donors (Lipinski definition) is 1. The molecule has 5 nitrogen and oxygen atoms in total. The van der Waals surface area contributed by atoms with Crippen molar-refractivity contribution in [2.75, 3.05) is 35.2 Å². The van der Waals surface area contributed by atoms with Crippen LogP contribution < -0.4 is 10.6 Å². The first kappa shape index (κ1) is 13.7. The fraction of sp³-hybridized carbons (Fsp3) is 0.500. The van der Waals surface area contributed by atoms with Crippen LogP contribution in [0.25, 0.3) is 0 Å². The normalized spacial score (nSPS) is 19.6. The summed E-state index contributed by atoms with van der Waals surface area (Å²) in [7, 11) is -2.96. The van der Waals surface area contributed by atoms with E-state index in [1.54, 1.807) is 0 Å². The van der Waals surface area contributed by atoms with E-state index in [4.69, 9.17) is 28.9 Å². The highest BCUT2D eigenvalue weighted by Gasteiger charge is 2.22. The van der Waals surface area contributed by atoms with E-state index in [0.717, 1.165) is 0 Å². The summed E-state index contributed by atoms with van der Waals surface area (Å²) in [6, 6.07) is 1.53. The molecule has 0 atom stereocenters. The average molecular weight is 310 g/mol. The Bertz CT molecular complexity index is 562. The van der Waals surface area contributed by atoms with Gasteiger partial charge in [0.1, 0.15) is 11.6 Å². The number of nitrogen functional groups attached to an aromatic ring is 1. The van der Waals surface area contributed by atoms with Crippen LogP contribution in [0.15, 0.2) is 6.07 Å². The summed E-state index contributed by atoms with van der Waals surface area (Å²) in [6.45, 7) is 0.961. The van der Waals surface area contributed by atoms with Crippen LogP contribution in [-0.4, -0.2) is 38.0 Å². The van der Waals surface area contributed by atoms with Crippen molar-refractivity contribution in [3.8, 4) is 0 Å². The second kappa shape index (κ2) is 5.11. The van der Waals surface area contributed by atoms with E-state index in [2.05, 4.69) is 4.98 Å². The zero-order chi connectivity index (χ0) is 13.3. The summed E-state index contributed by atoms with van der Waals surface area (Å²) in [5, 5.41) is 0.680. The van der Waals surface area contributed by atoms with E-state index in [0.29, 0.717) is 35.4 Å². The van der Waals surface area contributed by atoms with Crippen molar-refractivity contribution in [3.63, 3.8) is 0 Å². The van der Waals surface area contributed by atoms with Gasteiger partial charge in [0, 0.05) is 13.1 Å². The SMILES string of the molecule is Nc1nc(N2CCCS(=O)(=O)CC2)c(Cl)cc1Cl. The maximum atomic E-state index is 11.5. The van der Waals surface area contributed by atoms with Crippen molar-refractivity contribution < 1.29 is 8.42 Å². The molecule has 2 rings (SSSR count). The summed E-state index contributed by atoms with van der Waals surface area (Å²) in [6.07, 6.45) is 0.558. The number of hydrogen-bond acceptors (Lipinski definition) is 5. The van der Waals surface area contributed by atoms with Gasteiger partial charge in [-0.2, -0.15) is 0 Å². The van der Waals surface area contributed by atoms with Gasteiger partial charge < -0.3 is 10.6 Å². The van der Waals surface area contributed by atoms with Gasteiger partial charge in [-0.3, -0.25) is 0 Å². The third-order valence-corrected chi connectivity index (χ3v) is 5.09. The van der Waals surface area contributed by atoms with Gasteiger partial charge in [-0.15, -0.1) is 0 Å². The highest BCUT2D eigenvalue weighted by molar-refractivity contribution is 7.91. The Morgan fingerprint density at radius 2 is 1.94 bits per heavy atom. The molecule has 0 radical (unpaired) electrons. The summed E-state index contributed by atoms with van der Waals surface area (Å²) in [5.74, 6) is 0.997. The zero-order valence-corrected chi connectivity index (χ0v) is 11.9. The van der Waals surface area contributed by atoms with Gasteiger partial charge in [0.05, 0.1) is 21.6 Å². The Morgan fingerprint density at radius 1 is 1.22 bits per heavy atom. The largest absolute Gasteiger partial charge is 0.382 e. The molecule has 1 aliphatic rings. The van der Waals surface area contributed by atoms with Crippen LogP contribution in [0, 0.1) is 0 Å². The molecule has 0 aliphatic carbocycles. The minimum Gasteiger partial charge on any atom is -0.382 e. The lowest BCUT2D eigenvalue weighted by Crippen LogP contribution is -2.28. The van der Waals surface area contributed by atoms with Crippen molar-refractivity contribution in [2.45, 2.75) is 6.42 Å². The maximum Gasteiger partial charge on any atom is 0.152 e. The smallest absolute Gasteiger partial charge is 0.152 e. The van der Waals surface area contributed by atoms with E-state index < -0.39 is 9.84 Å². The molecule has 0 bridgehead atoms. The van der Waals surface area contributed by atoms with E-state index in [9.17, 15) is 8.42 Å². The molecule has 0 saturated carbocycles. The van der Waals surface area contributed by atoms with E-state index in [-0.39, 0.29) is 17.3 Å². The quantitative estimate of drug-likeness (QED) is 0.852. The molecule has 1 aliphatic heterocycles. The van der Waals surface area contributed by atoms with E-state index >= 15 is 0 Å². The molecular weight excluding hydrogens is 297 g/mol. The van der Waals surface area contributed by atoms with Crippen LogP contribution in [0.4, 0.5) is 11.6 Å². The second-order valence-electron chi connectivity index (χ2n) is 4.15. The molecule has 1 fully saturated rings. The van der Waals surface area contributed by atoms with Crippen LogP contribution >= 0.6 is 23.2 Å². The molecule has 2 heterocycles. The van der Waals surface area contributed by atoms with E-state index in [1.165, 1.54) is 6.07 Å². The first-order valence-corrected chi connectivity index (χ1v) is 8.04. The molecule has 0 spiro atoms. The molecule has 18 heavy (non-hydrogen) atoms. The summed E-state index contributed by atoms with van der Waals surface area (Å²) >= 11 is 11.9. The molecule has 2 N–H and O–H groups in total. The lowest BCUT2D eigenvalue weighted by molar-refractivity contribution is 0.597. The van der Waals surface area contributed by atoms with Crippen LogP contribution in [0.2, 0.25) is 10.0 Å².